The molecule has 7 heteroatoms. The first-order valence-corrected chi connectivity index (χ1v) is 6.50. The van der Waals surface area contributed by atoms with Crippen molar-refractivity contribution in [2.24, 2.45) is 5.73 Å². The lowest BCUT2D eigenvalue weighted by molar-refractivity contribution is 0.0889. The molecule has 1 fully saturated rings. The van der Waals surface area contributed by atoms with E-state index in [1.165, 1.54) is 18.7 Å². The van der Waals surface area contributed by atoms with Gasteiger partial charge in [0.1, 0.15) is 6.33 Å². The topological polar surface area (TPSA) is 84.1 Å². The molecule has 0 radical (unpaired) electrons. The fourth-order valence-corrected chi connectivity index (χ4v) is 2.39. The van der Waals surface area contributed by atoms with Crippen molar-refractivity contribution in [2.75, 3.05) is 20.1 Å². The van der Waals surface area contributed by atoms with Crippen molar-refractivity contribution in [3.63, 3.8) is 0 Å². The lowest BCUT2D eigenvalue weighted by Crippen LogP contribution is -2.61. The van der Waals surface area contributed by atoms with Crippen LogP contribution in [0.1, 0.15) is 23.2 Å². The molecule has 0 atom stereocenters. The van der Waals surface area contributed by atoms with E-state index in [1.807, 2.05) is 7.05 Å². The van der Waals surface area contributed by atoms with Gasteiger partial charge in [0, 0.05) is 25.5 Å². The quantitative estimate of drug-likeness (QED) is 0.755. The maximum atomic E-state index is 12.2. The molecule has 19 heavy (non-hydrogen) atoms. The van der Waals surface area contributed by atoms with E-state index in [9.17, 15) is 4.79 Å². The third-order valence-electron chi connectivity index (χ3n) is 3.49. The molecule has 0 bridgehead atoms. The minimum absolute atomic E-state index is 0.238. The number of piperidine rings is 1. The second kappa shape index (κ2) is 5.58. The second-order valence-corrected chi connectivity index (χ2v) is 5.27. The van der Waals surface area contributed by atoms with Gasteiger partial charge in [-0.05, 0) is 19.9 Å². The maximum Gasteiger partial charge on any atom is 0.255 e. The summed E-state index contributed by atoms with van der Waals surface area (Å²) in [5, 5.41) is 2.96. The van der Waals surface area contributed by atoms with Crippen LogP contribution in [0, 0.1) is 0 Å². The molecule has 1 aliphatic heterocycles. The van der Waals surface area contributed by atoms with Crippen LogP contribution in [0.3, 0.4) is 0 Å². The number of carbonyl (C=O) groups excluding carboxylic acids is 1. The van der Waals surface area contributed by atoms with Crippen LogP contribution in [-0.2, 0) is 0 Å². The maximum absolute atomic E-state index is 12.2. The summed E-state index contributed by atoms with van der Waals surface area (Å²) in [5.41, 5.74) is 5.65. The van der Waals surface area contributed by atoms with Crippen LogP contribution < -0.4 is 11.1 Å². The van der Waals surface area contributed by atoms with Gasteiger partial charge in [-0.1, -0.05) is 12.2 Å². The van der Waals surface area contributed by atoms with E-state index in [1.54, 1.807) is 0 Å². The summed E-state index contributed by atoms with van der Waals surface area (Å²) < 4.78 is 0. The number of nitrogens with zero attached hydrogens (tertiary/aromatic N) is 3. The number of nitrogens with two attached hydrogens (primary N) is 1. The molecule has 1 aliphatic rings. The Morgan fingerprint density at radius 3 is 2.53 bits per heavy atom. The normalized spacial score (nSPS) is 18.8. The molecule has 102 valence electrons. The number of nitrogens with one attached hydrogen (secondary N) is 1. The summed E-state index contributed by atoms with van der Waals surface area (Å²) in [6.45, 7) is 1.70. The van der Waals surface area contributed by atoms with E-state index in [4.69, 9.17) is 18.0 Å². The molecular weight excluding hydrogens is 262 g/mol. The van der Waals surface area contributed by atoms with Crippen LogP contribution in [0.5, 0.6) is 0 Å². The number of amides is 1. The smallest absolute Gasteiger partial charge is 0.255 e. The molecule has 6 nitrogen and oxygen atoms in total. The fourth-order valence-electron chi connectivity index (χ4n) is 2.14. The zero-order valence-electron chi connectivity index (χ0n) is 10.8. The van der Waals surface area contributed by atoms with Crippen molar-refractivity contribution in [2.45, 2.75) is 18.4 Å². The number of carbonyl (C=O) groups is 1. The molecule has 0 spiro atoms. The highest BCUT2D eigenvalue weighted by molar-refractivity contribution is 7.80. The number of aromatic nitrogens is 2. The standard InChI is InChI=1S/C12H17N5OS/c1-17-4-2-12(3-5-17,11(13)19)16-10(18)9-6-14-8-15-7-9/h6-8H,2-5H2,1H3,(H2,13,19)(H,16,18). The highest BCUT2D eigenvalue weighted by atomic mass is 32.1. The van der Waals surface area contributed by atoms with Gasteiger partial charge in [0.15, 0.2) is 0 Å². The van der Waals surface area contributed by atoms with Gasteiger partial charge in [-0.2, -0.15) is 0 Å². The Bertz CT molecular complexity index is 470. The molecule has 1 amide bonds. The monoisotopic (exact) mass is 279 g/mol. The predicted molar refractivity (Wildman–Crippen MR) is 75.7 cm³/mol. The average molecular weight is 279 g/mol. The van der Waals surface area contributed by atoms with E-state index < -0.39 is 5.54 Å². The van der Waals surface area contributed by atoms with Crippen molar-refractivity contribution in [3.8, 4) is 0 Å². The van der Waals surface area contributed by atoms with Crippen LogP contribution in [-0.4, -0.2) is 51.4 Å². The Kier molecular flexibility index (Phi) is 4.06. The van der Waals surface area contributed by atoms with Gasteiger partial charge in [-0.3, -0.25) is 4.79 Å². The van der Waals surface area contributed by atoms with Crippen LogP contribution in [0.25, 0.3) is 0 Å². The molecule has 2 rings (SSSR count). The Morgan fingerprint density at radius 2 is 2.00 bits per heavy atom. The number of likely N-dealkylation sites (tertiary alicyclic amines) is 1. The minimum Gasteiger partial charge on any atom is -0.391 e. The summed E-state index contributed by atoms with van der Waals surface area (Å²) in [6, 6.07) is 0. The third-order valence-corrected chi connectivity index (χ3v) is 3.88. The molecule has 0 aromatic carbocycles. The van der Waals surface area contributed by atoms with Crippen molar-refractivity contribution < 1.29 is 4.79 Å². The van der Waals surface area contributed by atoms with Crippen molar-refractivity contribution in [1.29, 1.82) is 0 Å². The zero-order valence-corrected chi connectivity index (χ0v) is 11.6. The third kappa shape index (κ3) is 3.05. The predicted octanol–water partition coefficient (Wildman–Crippen LogP) is -0.0431. The molecule has 0 saturated carbocycles. The van der Waals surface area contributed by atoms with Crippen LogP contribution in [0.2, 0.25) is 0 Å². The summed E-state index contributed by atoms with van der Waals surface area (Å²) in [7, 11) is 2.04. The van der Waals surface area contributed by atoms with E-state index >= 15 is 0 Å². The zero-order chi connectivity index (χ0) is 13.9. The summed E-state index contributed by atoms with van der Waals surface area (Å²) in [6.07, 6.45) is 5.78. The highest BCUT2D eigenvalue weighted by Crippen LogP contribution is 2.22. The number of rotatable bonds is 3. The molecule has 3 N–H and O–H groups in total. The number of hydrogen-bond donors (Lipinski definition) is 2. The summed E-state index contributed by atoms with van der Waals surface area (Å²) in [4.78, 5) is 22.4. The van der Waals surface area contributed by atoms with Gasteiger partial charge >= 0.3 is 0 Å². The molecule has 0 aliphatic carbocycles. The first kappa shape index (κ1) is 13.8. The molecule has 1 aromatic rings. The van der Waals surface area contributed by atoms with Crippen LogP contribution in [0.4, 0.5) is 0 Å². The van der Waals surface area contributed by atoms with Crippen molar-refractivity contribution >= 4 is 23.1 Å². The fraction of sp³-hybridized carbons (Fsp3) is 0.500. The molecule has 0 unspecified atom stereocenters. The van der Waals surface area contributed by atoms with Gasteiger partial charge < -0.3 is 16.0 Å². The Balaban J connectivity index is 2.14. The van der Waals surface area contributed by atoms with E-state index in [-0.39, 0.29) is 5.91 Å². The number of hydrogen-bond acceptors (Lipinski definition) is 5. The van der Waals surface area contributed by atoms with Crippen LogP contribution in [0.15, 0.2) is 18.7 Å². The Labute approximate surface area is 117 Å². The SMILES string of the molecule is CN1CCC(NC(=O)c2cncnc2)(C(N)=S)CC1. The van der Waals surface area contributed by atoms with Gasteiger partial charge in [0.2, 0.25) is 0 Å². The molecule has 1 aromatic heterocycles. The lowest BCUT2D eigenvalue weighted by atomic mass is 9.87. The Hall–Kier alpha value is -1.60. The summed E-state index contributed by atoms with van der Waals surface area (Å²) in [5.74, 6) is -0.238. The van der Waals surface area contributed by atoms with Crippen molar-refractivity contribution in [3.05, 3.63) is 24.3 Å². The van der Waals surface area contributed by atoms with E-state index in [2.05, 4.69) is 20.2 Å². The van der Waals surface area contributed by atoms with Gasteiger partial charge in [-0.15, -0.1) is 0 Å². The molecule has 2 heterocycles. The molecular formula is C12H17N5OS. The highest BCUT2D eigenvalue weighted by Gasteiger charge is 2.38. The summed E-state index contributed by atoms with van der Waals surface area (Å²) >= 11 is 5.15. The van der Waals surface area contributed by atoms with E-state index in [0.29, 0.717) is 10.6 Å². The van der Waals surface area contributed by atoms with Gasteiger partial charge in [0.05, 0.1) is 16.1 Å². The Morgan fingerprint density at radius 1 is 1.42 bits per heavy atom. The van der Waals surface area contributed by atoms with Gasteiger partial charge in [0.25, 0.3) is 5.91 Å². The second-order valence-electron chi connectivity index (χ2n) is 4.83. The molecule has 1 saturated heterocycles. The van der Waals surface area contributed by atoms with Gasteiger partial charge in [-0.25, -0.2) is 9.97 Å². The minimum atomic E-state index is -0.602. The largest absolute Gasteiger partial charge is 0.391 e. The first-order valence-electron chi connectivity index (χ1n) is 6.09. The van der Waals surface area contributed by atoms with Crippen molar-refractivity contribution in [1.82, 2.24) is 20.2 Å². The van der Waals surface area contributed by atoms with Crippen LogP contribution >= 0.6 is 12.2 Å². The van der Waals surface area contributed by atoms with E-state index in [0.717, 1.165) is 25.9 Å². The average Bonchev–Trinajstić information content (AvgIpc) is 2.42. The lowest BCUT2D eigenvalue weighted by Gasteiger charge is -2.40. The number of thiocarbonyl (C=S) groups is 1. The first-order chi connectivity index (χ1) is 9.03.